The van der Waals surface area contributed by atoms with Gasteiger partial charge in [0, 0.05) is 12.1 Å². The van der Waals surface area contributed by atoms with E-state index in [0.29, 0.717) is 5.75 Å². The van der Waals surface area contributed by atoms with Crippen LogP contribution >= 0.6 is 0 Å². The van der Waals surface area contributed by atoms with E-state index in [-0.39, 0.29) is 5.54 Å². The minimum absolute atomic E-state index is 0.0874. The Bertz CT molecular complexity index is 352. The summed E-state index contributed by atoms with van der Waals surface area (Å²) >= 11 is 0. The van der Waals surface area contributed by atoms with Gasteiger partial charge in [-0.05, 0) is 38.8 Å². The first-order valence-corrected chi connectivity index (χ1v) is 5.08. The number of rotatable bonds is 0. The van der Waals surface area contributed by atoms with Crippen molar-refractivity contribution in [1.82, 2.24) is 0 Å². The van der Waals surface area contributed by atoms with Crippen LogP contribution in [0.1, 0.15) is 26.3 Å². The summed E-state index contributed by atoms with van der Waals surface area (Å²) < 4.78 is 0. The molecule has 2 rings (SSSR count). The molecule has 2 nitrogen and oxygen atoms in total. The highest BCUT2D eigenvalue weighted by molar-refractivity contribution is 5.67. The molecule has 0 aromatic heterocycles. The van der Waals surface area contributed by atoms with Crippen molar-refractivity contribution in [2.24, 2.45) is 0 Å². The Hall–Kier alpha value is -1.18. The fourth-order valence-electron chi connectivity index (χ4n) is 2.11. The van der Waals surface area contributed by atoms with Crippen molar-refractivity contribution in [3.8, 4) is 5.75 Å². The minimum Gasteiger partial charge on any atom is -0.506 e. The Kier molecular flexibility index (Phi) is 1.95. The zero-order chi connectivity index (χ0) is 10.3. The second-order valence-corrected chi connectivity index (χ2v) is 4.86. The number of hydrogen-bond donors (Lipinski definition) is 1. The monoisotopic (exact) mass is 191 g/mol. The van der Waals surface area contributed by atoms with E-state index in [1.54, 1.807) is 6.07 Å². The van der Waals surface area contributed by atoms with E-state index in [0.717, 1.165) is 18.7 Å². The van der Waals surface area contributed by atoms with Gasteiger partial charge in [-0.15, -0.1) is 0 Å². The number of benzene rings is 1. The van der Waals surface area contributed by atoms with Crippen molar-refractivity contribution in [3.05, 3.63) is 23.8 Å². The van der Waals surface area contributed by atoms with Crippen molar-refractivity contribution in [2.75, 3.05) is 11.4 Å². The van der Waals surface area contributed by atoms with Crippen LogP contribution in [0.5, 0.6) is 5.75 Å². The smallest absolute Gasteiger partial charge is 0.139 e. The van der Waals surface area contributed by atoms with E-state index < -0.39 is 0 Å². The molecule has 1 aliphatic heterocycles. The largest absolute Gasteiger partial charge is 0.506 e. The van der Waals surface area contributed by atoms with Gasteiger partial charge in [-0.3, -0.25) is 0 Å². The van der Waals surface area contributed by atoms with Gasteiger partial charge < -0.3 is 10.0 Å². The number of fused-ring (bicyclic) bond motifs is 1. The Morgan fingerprint density at radius 2 is 2.00 bits per heavy atom. The van der Waals surface area contributed by atoms with E-state index in [2.05, 4.69) is 31.7 Å². The summed E-state index contributed by atoms with van der Waals surface area (Å²) in [4.78, 5) is 2.28. The molecule has 1 heterocycles. The molecular weight excluding hydrogens is 174 g/mol. The number of phenolic OH excluding ortho intramolecular Hbond substituents is 1. The molecule has 0 unspecified atom stereocenters. The maximum absolute atomic E-state index is 9.82. The van der Waals surface area contributed by atoms with Crippen LogP contribution < -0.4 is 4.90 Å². The Morgan fingerprint density at radius 1 is 1.29 bits per heavy atom. The average Bonchev–Trinajstić information content (AvgIpc) is 2.47. The standard InChI is InChI=1S/C12H17NO/c1-12(2,3)13-8-7-9-5-4-6-10(14)11(9)13/h4-6,14H,7-8H2,1-3H3. The lowest BCUT2D eigenvalue weighted by Crippen LogP contribution is -2.40. The second kappa shape index (κ2) is 2.91. The van der Waals surface area contributed by atoms with Crippen LogP contribution in [0.15, 0.2) is 18.2 Å². The SMILES string of the molecule is CC(C)(C)N1CCc2cccc(O)c21. The van der Waals surface area contributed by atoms with Gasteiger partial charge in [-0.2, -0.15) is 0 Å². The Balaban J connectivity index is 2.48. The maximum Gasteiger partial charge on any atom is 0.139 e. The molecule has 2 heteroatoms. The molecule has 1 N–H and O–H groups in total. The lowest BCUT2D eigenvalue weighted by Gasteiger charge is -2.34. The summed E-state index contributed by atoms with van der Waals surface area (Å²) in [6.45, 7) is 7.54. The molecular formula is C12H17NO. The van der Waals surface area contributed by atoms with Crippen molar-refractivity contribution < 1.29 is 5.11 Å². The lowest BCUT2D eigenvalue weighted by atomic mass is 10.1. The molecule has 0 atom stereocenters. The first-order valence-electron chi connectivity index (χ1n) is 5.08. The van der Waals surface area contributed by atoms with Crippen molar-refractivity contribution in [1.29, 1.82) is 0 Å². The topological polar surface area (TPSA) is 23.5 Å². The lowest BCUT2D eigenvalue weighted by molar-refractivity contribution is 0.461. The van der Waals surface area contributed by atoms with E-state index in [1.165, 1.54) is 5.56 Å². The third kappa shape index (κ3) is 1.35. The van der Waals surface area contributed by atoms with Gasteiger partial charge in [-0.1, -0.05) is 12.1 Å². The second-order valence-electron chi connectivity index (χ2n) is 4.86. The molecule has 0 saturated carbocycles. The molecule has 76 valence electrons. The van der Waals surface area contributed by atoms with Crippen LogP contribution in [-0.4, -0.2) is 17.2 Å². The van der Waals surface area contributed by atoms with Crippen LogP contribution in [0.25, 0.3) is 0 Å². The predicted molar refractivity (Wildman–Crippen MR) is 58.9 cm³/mol. The number of phenols is 1. The van der Waals surface area contributed by atoms with E-state index in [4.69, 9.17) is 0 Å². The predicted octanol–water partition coefficient (Wildman–Crippen LogP) is 2.55. The van der Waals surface area contributed by atoms with Crippen LogP contribution in [0.2, 0.25) is 0 Å². The van der Waals surface area contributed by atoms with Crippen molar-refractivity contribution >= 4 is 5.69 Å². The Labute approximate surface area is 85.2 Å². The molecule has 0 radical (unpaired) electrons. The summed E-state index contributed by atoms with van der Waals surface area (Å²) in [6, 6.07) is 5.78. The summed E-state index contributed by atoms with van der Waals surface area (Å²) in [7, 11) is 0. The summed E-state index contributed by atoms with van der Waals surface area (Å²) in [6.07, 6.45) is 1.04. The maximum atomic E-state index is 9.82. The van der Waals surface area contributed by atoms with E-state index in [1.807, 2.05) is 6.07 Å². The van der Waals surface area contributed by atoms with Crippen LogP contribution in [0.4, 0.5) is 5.69 Å². The summed E-state index contributed by atoms with van der Waals surface area (Å²) in [5.74, 6) is 0.412. The number of para-hydroxylation sites is 1. The molecule has 0 saturated heterocycles. The quantitative estimate of drug-likeness (QED) is 0.681. The minimum atomic E-state index is 0.0874. The van der Waals surface area contributed by atoms with Gasteiger partial charge in [0.25, 0.3) is 0 Å². The molecule has 0 aliphatic carbocycles. The van der Waals surface area contributed by atoms with Crippen LogP contribution in [0.3, 0.4) is 0 Å². The highest BCUT2D eigenvalue weighted by Gasteiger charge is 2.30. The highest BCUT2D eigenvalue weighted by atomic mass is 16.3. The molecule has 0 spiro atoms. The normalized spacial score (nSPS) is 15.8. The average molecular weight is 191 g/mol. The van der Waals surface area contributed by atoms with Crippen molar-refractivity contribution in [2.45, 2.75) is 32.7 Å². The van der Waals surface area contributed by atoms with Crippen molar-refractivity contribution in [3.63, 3.8) is 0 Å². The third-order valence-electron chi connectivity index (χ3n) is 2.78. The molecule has 14 heavy (non-hydrogen) atoms. The number of aromatic hydroxyl groups is 1. The van der Waals surface area contributed by atoms with E-state index >= 15 is 0 Å². The fraction of sp³-hybridized carbons (Fsp3) is 0.500. The first-order chi connectivity index (χ1) is 6.50. The fourth-order valence-corrected chi connectivity index (χ4v) is 2.11. The van der Waals surface area contributed by atoms with Gasteiger partial charge in [-0.25, -0.2) is 0 Å². The zero-order valence-corrected chi connectivity index (χ0v) is 9.04. The highest BCUT2D eigenvalue weighted by Crippen LogP contribution is 2.39. The zero-order valence-electron chi connectivity index (χ0n) is 9.04. The third-order valence-corrected chi connectivity index (χ3v) is 2.78. The van der Waals surface area contributed by atoms with Gasteiger partial charge in [0.05, 0.1) is 5.69 Å². The number of nitrogens with zero attached hydrogens (tertiary/aromatic N) is 1. The van der Waals surface area contributed by atoms with Gasteiger partial charge in [0.1, 0.15) is 5.75 Å². The van der Waals surface area contributed by atoms with Gasteiger partial charge in [0.2, 0.25) is 0 Å². The molecule has 1 aliphatic rings. The summed E-state index contributed by atoms with van der Waals surface area (Å²) in [5.41, 5.74) is 2.38. The first kappa shape index (κ1) is 9.38. The van der Waals surface area contributed by atoms with Gasteiger partial charge >= 0.3 is 0 Å². The van der Waals surface area contributed by atoms with Gasteiger partial charge in [0.15, 0.2) is 0 Å². The summed E-state index contributed by atoms with van der Waals surface area (Å²) in [5, 5.41) is 9.82. The van der Waals surface area contributed by atoms with Crippen LogP contribution in [-0.2, 0) is 6.42 Å². The molecule has 0 amide bonds. The van der Waals surface area contributed by atoms with E-state index in [9.17, 15) is 5.11 Å². The Morgan fingerprint density at radius 3 is 2.64 bits per heavy atom. The number of anilines is 1. The molecule has 0 bridgehead atoms. The number of hydrogen-bond acceptors (Lipinski definition) is 2. The molecule has 1 aromatic carbocycles. The molecule has 0 fully saturated rings. The molecule has 1 aromatic rings. The van der Waals surface area contributed by atoms with Crippen LogP contribution in [0, 0.1) is 0 Å².